The molecule has 11 heteroatoms. The molecule has 2 aromatic heterocycles. The molecule has 3 aromatic rings. The van der Waals surface area contributed by atoms with E-state index in [1.807, 2.05) is 6.07 Å². The Labute approximate surface area is 173 Å². The zero-order chi connectivity index (χ0) is 20.3. The van der Waals surface area contributed by atoms with Crippen LogP contribution in [0.15, 0.2) is 44.4 Å². The summed E-state index contributed by atoms with van der Waals surface area (Å²) < 4.78 is 42.4. The molecule has 0 amide bonds. The molecule has 1 aromatic carbocycles. The number of thiophene rings is 1. The SMILES string of the molecule is N#Cc1c(CCCNS(=O)(=O)c2ccc(Br)s2)nn(-c2ccc(F)cc2)c1N. The Kier molecular flexibility index (Phi) is 6.14. The van der Waals surface area contributed by atoms with Crippen molar-refractivity contribution < 1.29 is 12.8 Å². The lowest BCUT2D eigenvalue weighted by Gasteiger charge is -2.04. The van der Waals surface area contributed by atoms with Crippen molar-refractivity contribution in [1.29, 1.82) is 5.26 Å². The number of nitrogens with zero attached hydrogens (tertiary/aromatic N) is 3. The van der Waals surface area contributed by atoms with E-state index in [9.17, 15) is 18.1 Å². The first-order chi connectivity index (χ1) is 13.3. The fraction of sp³-hybridized carbons (Fsp3) is 0.176. The van der Waals surface area contributed by atoms with E-state index in [2.05, 4.69) is 25.8 Å². The minimum Gasteiger partial charge on any atom is -0.382 e. The normalized spacial score (nSPS) is 11.5. The second kappa shape index (κ2) is 8.40. The summed E-state index contributed by atoms with van der Waals surface area (Å²) in [5.74, 6) is -0.228. The van der Waals surface area contributed by atoms with Crippen LogP contribution in [0, 0.1) is 17.1 Å². The van der Waals surface area contributed by atoms with E-state index >= 15 is 0 Å². The molecule has 2 heterocycles. The molecule has 0 atom stereocenters. The molecule has 0 fully saturated rings. The van der Waals surface area contributed by atoms with Gasteiger partial charge in [0.15, 0.2) is 0 Å². The Bertz CT molecular complexity index is 1130. The second-order valence-corrected chi connectivity index (χ2v) is 10.2. The highest BCUT2D eigenvalue weighted by molar-refractivity contribution is 9.11. The van der Waals surface area contributed by atoms with E-state index in [-0.39, 0.29) is 28.0 Å². The topological polar surface area (TPSA) is 114 Å². The van der Waals surface area contributed by atoms with Gasteiger partial charge in [-0.2, -0.15) is 10.4 Å². The molecule has 7 nitrogen and oxygen atoms in total. The number of anilines is 1. The summed E-state index contributed by atoms with van der Waals surface area (Å²) in [6.45, 7) is 0.187. The fourth-order valence-electron chi connectivity index (χ4n) is 2.53. The third-order valence-electron chi connectivity index (χ3n) is 3.87. The van der Waals surface area contributed by atoms with Crippen LogP contribution in [0.4, 0.5) is 10.2 Å². The summed E-state index contributed by atoms with van der Waals surface area (Å²) in [5.41, 5.74) is 7.23. The van der Waals surface area contributed by atoms with Gasteiger partial charge in [-0.15, -0.1) is 11.3 Å². The van der Waals surface area contributed by atoms with Crippen LogP contribution < -0.4 is 10.5 Å². The number of nitriles is 1. The van der Waals surface area contributed by atoms with Crippen molar-refractivity contribution in [3.05, 3.63) is 57.3 Å². The van der Waals surface area contributed by atoms with E-state index in [1.54, 1.807) is 6.07 Å². The van der Waals surface area contributed by atoms with Crippen molar-refractivity contribution in [2.45, 2.75) is 17.1 Å². The summed E-state index contributed by atoms with van der Waals surface area (Å²) >= 11 is 4.36. The molecule has 28 heavy (non-hydrogen) atoms. The lowest BCUT2D eigenvalue weighted by atomic mass is 10.1. The second-order valence-electron chi connectivity index (χ2n) is 5.77. The van der Waals surface area contributed by atoms with Gasteiger partial charge < -0.3 is 5.73 Å². The Morgan fingerprint density at radius 3 is 2.61 bits per heavy atom. The molecule has 0 aliphatic rings. The summed E-state index contributed by atoms with van der Waals surface area (Å²) in [6, 6.07) is 10.8. The molecule has 146 valence electrons. The molecule has 0 saturated carbocycles. The number of nitrogens with one attached hydrogen (secondary N) is 1. The first-order valence-electron chi connectivity index (χ1n) is 8.10. The van der Waals surface area contributed by atoms with Gasteiger partial charge in [0.1, 0.15) is 27.5 Å². The third kappa shape index (κ3) is 4.41. The highest BCUT2D eigenvalue weighted by Crippen LogP contribution is 2.26. The first kappa shape index (κ1) is 20.5. The van der Waals surface area contributed by atoms with Crippen LogP contribution >= 0.6 is 27.3 Å². The number of benzene rings is 1. The minimum atomic E-state index is -3.57. The van der Waals surface area contributed by atoms with Crippen LogP contribution in [0.3, 0.4) is 0 Å². The van der Waals surface area contributed by atoms with E-state index in [0.29, 0.717) is 24.2 Å². The number of halogens is 2. The summed E-state index contributed by atoms with van der Waals surface area (Å²) in [5, 5.41) is 13.7. The third-order valence-corrected chi connectivity index (χ3v) is 7.45. The molecule has 0 aliphatic carbocycles. The Morgan fingerprint density at radius 1 is 1.29 bits per heavy atom. The van der Waals surface area contributed by atoms with Gasteiger partial charge in [-0.25, -0.2) is 22.2 Å². The number of aryl methyl sites for hydroxylation is 1. The van der Waals surface area contributed by atoms with Crippen molar-refractivity contribution in [3.8, 4) is 11.8 Å². The van der Waals surface area contributed by atoms with Gasteiger partial charge in [0.25, 0.3) is 0 Å². The number of aromatic nitrogens is 2. The molecule has 0 spiro atoms. The first-order valence-corrected chi connectivity index (χ1v) is 11.2. The van der Waals surface area contributed by atoms with Crippen molar-refractivity contribution in [2.75, 3.05) is 12.3 Å². The molecule has 0 unspecified atom stereocenters. The zero-order valence-electron chi connectivity index (χ0n) is 14.4. The van der Waals surface area contributed by atoms with Crippen LogP contribution in [-0.4, -0.2) is 24.7 Å². The average Bonchev–Trinajstić information content (AvgIpc) is 3.23. The van der Waals surface area contributed by atoms with Crippen molar-refractivity contribution in [3.63, 3.8) is 0 Å². The maximum Gasteiger partial charge on any atom is 0.250 e. The standard InChI is InChI=1S/C17H15BrFN5O2S2/c18-15-7-8-16(27-15)28(25,26)22-9-1-2-14-13(10-20)17(21)24(23-14)12-5-3-11(19)4-6-12/h3-8,22H,1-2,9,21H2. The highest BCUT2D eigenvalue weighted by atomic mass is 79.9. The summed E-state index contributed by atoms with van der Waals surface area (Å²) in [7, 11) is -3.57. The van der Waals surface area contributed by atoms with Crippen molar-refractivity contribution >= 4 is 43.1 Å². The lowest BCUT2D eigenvalue weighted by molar-refractivity contribution is 0.580. The van der Waals surface area contributed by atoms with Gasteiger partial charge in [-0.3, -0.25) is 0 Å². The van der Waals surface area contributed by atoms with Gasteiger partial charge in [-0.1, -0.05) is 0 Å². The smallest absolute Gasteiger partial charge is 0.250 e. The molecular formula is C17H15BrFN5O2S2. The largest absolute Gasteiger partial charge is 0.382 e. The molecule has 0 saturated heterocycles. The molecule has 0 radical (unpaired) electrons. The summed E-state index contributed by atoms with van der Waals surface area (Å²) in [4.78, 5) is 0. The monoisotopic (exact) mass is 483 g/mol. The van der Waals surface area contributed by atoms with Crippen LogP contribution in [0.5, 0.6) is 0 Å². The average molecular weight is 484 g/mol. The summed E-state index contributed by atoms with van der Waals surface area (Å²) in [6.07, 6.45) is 0.790. The number of rotatable bonds is 7. The van der Waals surface area contributed by atoms with Gasteiger partial charge in [0, 0.05) is 6.54 Å². The van der Waals surface area contributed by atoms with E-state index in [0.717, 1.165) is 15.1 Å². The van der Waals surface area contributed by atoms with Crippen LogP contribution in [0.2, 0.25) is 0 Å². The molecule has 3 rings (SSSR count). The molecule has 0 aliphatic heterocycles. The van der Waals surface area contributed by atoms with Gasteiger partial charge in [-0.05, 0) is 65.2 Å². The number of nitrogens with two attached hydrogens (primary N) is 1. The van der Waals surface area contributed by atoms with Crippen LogP contribution in [0.25, 0.3) is 5.69 Å². The predicted molar refractivity (Wildman–Crippen MR) is 108 cm³/mol. The van der Waals surface area contributed by atoms with E-state index in [1.165, 1.54) is 35.0 Å². The van der Waals surface area contributed by atoms with Crippen molar-refractivity contribution in [1.82, 2.24) is 14.5 Å². The highest BCUT2D eigenvalue weighted by Gasteiger charge is 2.18. The Hall–Kier alpha value is -2.26. The van der Waals surface area contributed by atoms with Gasteiger partial charge in [0.2, 0.25) is 10.0 Å². The lowest BCUT2D eigenvalue weighted by Crippen LogP contribution is -2.24. The van der Waals surface area contributed by atoms with Gasteiger partial charge >= 0.3 is 0 Å². The number of hydrogen-bond donors (Lipinski definition) is 2. The zero-order valence-corrected chi connectivity index (χ0v) is 17.6. The Morgan fingerprint density at radius 2 is 2.00 bits per heavy atom. The fourth-order valence-corrected chi connectivity index (χ4v) is 5.66. The molecule has 3 N–H and O–H groups in total. The van der Waals surface area contributed by atoms with Crippen molar-refractivity contribution in [2.24, 2.45) is 0 Å². The Balaban J connectivity index is 1.68. The van der Waals surface area contributed by atoms with E-state index < -0.39 is 10.0 Å². The molecule has 0 bridgehead atoms. The van der Waals surface area contributed by atoms with Crippen LogP contribution in [-0.2, 0) is 16.4 Å². The number of nitrogen functional groups attached to an aromatic ring is 1. The maximum absolute atomic E-state index is 13.1. The number of hydrogen-bond acceptors (Lipinski definition) is 6. The van der Waals surface area contributed by atoms with Crippen LogP contribution in [0.1, 0.15) is 17.7 Å². The van der Waals surface area contributed by atoms with E-state index in [4.69, 9.17) is 5.73 Å². The number of sulfonamides is 1. The predicted octanol–water partition coefficient (Wildman–Crippen LogP) is 3.20. The minimum absolute atomic E-state index is 0.160. The molecular weight excluding hydrogens is 469 g/mol. The quantitative estimate of drug-likeness (QED) is 0.500. The maximum atomic E-state index is 13.1. The van der Waals surface area contributed by atoms with Gasteiger partial charge in [0.05, 0.1) is 15.2 Å².